The Bertz CT molecular complexity index is 952. The molecule has 152 valence electrons. The van der Waals surface area contributed by atoms with Crippen LogP contribution in [0.15, 0.2) is 54.6 Å². The summed E-state index contributed by atoms with van der Waals surface area (Å²) < 4.78 is 15.8. The minimum absolute atomic E-state index is 0.201. The highest BCUT2D eigenvalue weighted by Gasteiger charge is 2.18. The highest BCUT2D eigenvalue weighted by atomic mass is 32.2. The van der Waals surface area contributed by atoms with Crippen molar-refractivity contribution in [3.05, 3.63) is 77.2 Å². The molecule has 0 bridgehead atoms. The predicted octanol–water partition coefficient (Wildman–Crippen LogP) is 6.26. The number of benzene rings is 2. The van der Waals surface area contributed by atoms with E-state index in [2.05, 4.69) is 60.6 Å². The van der Waals surface area contributed by atoms with Crippen LogP contribution < -0.4 is 0 Å². The van der Waals surface area contributed by atoms with Crippen molar-refractivity contribution < 1.29 is 4.39 Å². The SMILES string of the molecule is Cc1c(CN2CCSCC2)cc(-c2ccc(C(C)C)cc2)n1-c1ccc(F)cc1. The lowest BCUT2D eigenvalue weighted by molar-refractivity contribution is 0.294. The summed E-state index contributed by atoms with van der Waals surface area (Å²) in [6, 6.07) is 18.0. The zero-order valence-corrected chi connectivity index (χ0v) is 18.3. The largest absolute Gasteiger partial charge is 0.314 e. The first-order chi connectivity index (χ1) is 14.0. The van der Waals surface area contributed by atoms with Crippen LogP contribution >= 0.6 is 11.8 Å². The molecule has 0 unspecified atom stereocenters. The summed E-state index contributed by atoms with van der Waals surface area (Å²) in [5, 5.41) is 0. The second-order valence-corrected chi connectivity index (χ2v) is 9.34. The van der Waals surface area contributed by atoms with Crippen molar-refractivity contribution in [1.29, 1.82) is 0 Å². The molecule has 1 saturated heterocycles. The molecule has 0 atom stereocenters. The summed E-state index contributed by atoms with van der Waals surface area (Å²) in [4.78, 5) is 2.54. The summed E-state index contributed by atoms with van der Waals surface area (Å²) >= 11 is 2.04. The van der Waals surface area contributed by atoms with Gasteiger partial charge in [-0.15, -0.1) is 0 Å². The van der Waals surface area contributed by atoms with Crippen LogP contribution in [0.1, 0.15) is 36.6 Å². The van der Waals surface area contributed by atoms with Crippen molar-refractivity contribution in [3.63, 3.8) is 0 Å². The minimum atomic E-state index is -0.201. The lowest BCUT2D eigenvalue weighted by Gasteiger charge is -2.26. The summed E-state index contributed by atoms with van der Waals surface area (Å²) in [6.45, 7) is 9.88. The van der Waals surface area contributed by atoms with Gasteiger partial charge < -0.3 is 4.57 Å². The van der Waals surface area contributed by atoms with Crippen LogP contribution in [0.2, 0.25) is 0 Å². The van der Waals surface area contributed by atoms with Gasteiger partial charge in [0, 0.05) is 42.5 Å². The van der Waals surface area contributed by atoms with Gasteiger partial charge in [-0.2, -0.15) is 11.8 Å². The number of hydrogen-bond acceptors (Lipinski definition) is 2. The Morgan fingerprint density at radius 3 is 2.24 bits per heavy atom. The molecule has 0 amide bonds. The molecule has 29 heavy (non-hydrogen) atoms. The van der Waals surface area contributed by atoms with Gasteiger partial charge in [0.2, 0.25) is 0 Å². The Hall–Kier alpha value is -2.04. The van der Waals surface area contributed by atoms with E-state index >= 15 is 0 Å². The van der Waals surface area contributed by atoms with Crippen LogP contribution in [0.25, 0.3) is 16.9 Å². The van der Waals surface area contributed by atoms with Gasteiger partial charge in [0.15, 0.2) is 0 Å². The first-order valence-electron chi connectivity index (χ1n) is 10.4. The third-order valence-corrected chi connectivity index (χ3v) is 6.75. The molecule has 4 heteroatoms. The highest BCUT2D eigenvalue weighted by Crippen LogP contribution is 2.31. The van der Waals surface area contributed by atoms with E-state index in [1.165, 1.54) is 39.6 Å². The number of hydrogen-bond donors (Lipinski definition) is 0. The van der Waals surface area contributed by atoms with Crippen LogP contribution in [-0.4, -0.2) is 34.1 Å². The molecule has 1 aromatic heterocycles. The average Bonchev–Trinajstić information content (AvgIpc) is 3.05. The second-order valence-electron chi connectivity index (χ2n) is 8.12. The third kappa shape index (κ3) is 4.44. The van der Waals surface area contributed by atoms with Crippen molar-refractivity contribution in [2.45, 2.75) is 33.2 Å². The monoisotopic (exact) mass is 408 g/mol. The molecule has 2 aromatic carbocycles. The molecule has 2 heterocycles. The van der Waals surface area contributed by atoms with E-state index in [0.717, 1.165) is 25.3 Å². The van der Waals surface area contributed by atoms with E-state index in [1.807, 2.05) is 23.9 Å². The number of nitrogens with zero attached hydrogens (tertiary/aromatic N) is 2. The quantitative estimate of drug-likeness (QED) is 0.492. The Morgan fingerprint density at radius 1 is 0.966 bits per heavy atom. The van der Waals surface area contributed by atoms with Crippen LogP contribution in [0.5, 0.6) is 0 Å². The van der Waals surface area contributed by atoms with Crippen molar-refractivity contribution in [3.8, 4) is 16.9 Å². The van der Waals surface area contributed by atoms with Gasteiger partial charge in [0.25, 0.3) is 0 Å². The molecule has 0 spiro atoms. The van der Waals surface area contributed by atoms with E-state index in [4.69, 9.17) is 0 Å². The van der Waals surface area contributed by atoms with Crippen molar-refractivity contribution >= 4 is 11.8 Å². The summed E-state index contributed by atoms with van der Waals surface area (Å²) in [5.74, 6) is 2.73. The molecule has 1 aliphatic heterocycles. The fourth-order valence-corrected chi connectivity index (χ4v) is 4.97. The lowest BCUT2D eigenvalue weighted by Crippen LogP contribution is -2.32. The standard InChI is InChI=1S/C25H29FN2S/c1-18(2)20-4-6-21(7-5-20)25-16-22(17-27-12-14-29-15-13-27)19(3)28(25)24-10-8-23(26)9-11-24/h4-11,16,18H,12-15,17H2,1-3H3. The topological polar surface area (TPSA) is 8.17 Å². The minimum Gasteiger partial charge on any atom is -0.314 e. The highest BCUT2D eigenvalue weighted by molar-refractivity contribution is 7.99. The Morgan fingerprint density at radius 2 is 1.62 bits per heavy atom. The molecule has 0 radical (unpaired) electrons. The number of halogens is 1. The number of thioether (sulfide) groups is 1. The van der Waals surface area contributed by atoms with Gasteiger partial charge in [-0.05, 0) is 59.9 Å². The Balaban J connectivity index is 1.77. The van der Waals surface area contributed by atoms with E-state index in [0.29, 0.717) is 5.92 Å². The summed E-state index contributed by atoms with van der Waals surface area (Å²) in [6.07, 6.45) is 0. The number of rotatable bonds is 5. The van der Waals surface area contributed by atoms with Gasteiger partial charge in [-0.25, -0.2) is 4.39 Å². The third-order valence-electron chi connectivity index (χ3n) is 5.81. The Kier molecular flexibility index (Phi) is 6.12. The molecule has 3 aromatic rings. The van der Waals surface area contributed by atoms with Gasteiger partial charge in [0.05, 0.1) is 5.69 Å². The van der Waals surface area contributed by atoms with Crippen molar-refractivity contribution in [1.82, 2.24) is 9.47 Å². The van der Waals surface area contributed by atoms with Crippen LogP contribution in [0.3, 0.4) is 0 Å². The molecule has 0 N–H and O–H groups in total. The summed E-state index contributed by atoms with van der Waals surface area (Å²) in [7, 11) is 0. The van der Waals surface area contributed by atoms with Crippen LogP contribution in [0, 0.1) is 12.7 Å². The maximum Gasteiger partial charge on any atom is 0.123 e. The van der Waals surface area contributed by atoms with Gasteiger partial charge in [0.1, 0.15) is 5.82 Å². The zero-order chi connectivity index (χ0) is 20.4. The van der Waals surface area contributed by atoms with Gasteiger partial charge in [-0.3, -0.25) is 4.90 Å². The maximum atomic E-state index is 13.5. The molecular formula is C25H29FN2S. The van der Waals surface area contributed by atoms with Crippen molar-refractivity contribution in [2.24, 2.45) is 0 Å². The first kappa shape index (κ1) is 20.2. The molecule has 1 fully saturated rings. The molecule has 0 aliphatic carbocycles. The normalized spacial score (nSPS) is 15.2. The molecule has 2 nitrogen and oxygen atoms in total. The molecule has 4 rings (SSSR count). The van der Waals surface area contributed by atoms with Gasteiger partial charge >= 0.3 is 0 Å². The van der Waals surface area contributed by atoms with Gasteiger partial charge in [-0.1, -0.05) is 38.1 Å². The molecular weight excluding hydrogens is 379 g/mol. The van der Waals surface area contributed by atoms with Crippen LogP contribution in [0.4, 0.5) is 4.39 Å². The van der Waals surface area contributed by atoms with Crippen molar-refractivity contribution in [2.75, 3.05) is 24.6 Å². The fraction of sp³-hybridized carbons (Fsp3) is 0.360. The smallest absolute Gasteiger partial charge is 0.123 e. The van der Waals surface area contributed by atoms with E-state index in [-0.39, 0.29) is 5.82 Å². The predicted molar refractivity (Wildman–Crippen MR) is 123 cm³/mol. The lowest BCUT2D eigenvalue weighted by atomic mass is 10.0. The van der Waals surface area contributed by atoms with Crippen LogP contribution in [-0.2, 0) is 6.54 Å². The first-order valence-corrected chi connectivity index (χ1v) is 11.6. The second kappa shape index (κ2) is 8.76. The van der Waals surface area contributed by atoms with E-state index in [9.17, 15) is 4.39 Å². The molecule has 1 aliphatic rings. The number of aromatic nitrogens is 1. The van der Waals surface area contributed by atoms with E-state index < -0.39 is 0 Å². The maximum absolute atomic E-state index is 13.5. The van der Waals surface area contributed by atoms with E-state index in [1.54, 1.807) is 12.1 Å². The fourth-order valence-electron chi connectivity index (χ4n) is 3.99. The average molecular weight is 409 g/mol. The Labute approximate surface area is 177 Å². The zero-order valence-electron chi connectivity index (χ0n) is 17.5. The summed E-state index contributed by atoms with van der Waals surface area (Å²) in [5.41, 5.74) is 7.30. The molecule has 0 saturated carbocycles.